The number of rotatable bonds is 7. The summed E-state index contributed by atoms with van der Waals surface area (Å²) in [7, 11) is 0. The van der Waals surface area contributed by atoms with Crippen LogP contribution in [0.25, 0.3) is 0 Å². The molecule has 1 aliphatic rings. The average Bonchev–Trinajstić information content (AvgIpc) is 2.73. The van der Waals surface area contributed by atoms with Crippen molar-refractivity contribution in [2.24, 2.45) is 0 Å². The lowest BCUT2D eigenvalue weighted by atomic mass is 10.0. The van der Waals surface area contributed by atoms with Crippen LogP contribution < -0.4 is 21.1 Å². The molecule has 1 heterocycles. The van der Waals surface area contributed by atoms with Gasteiger partial charge in [-0.15, -0.1) is 0 Å². The molecule has 0 aromatic heterocycles. The number of carbonyl (C=O) groups excluding carboxylic acids is 1. The van der Waals surface area contributed by atoms with Crippen LogP contribution in [0.1, 0.15) is 25.8 Å². The van der Waals surface area contributed by atoms with Crippen molar-refractivity contribution in [3.63, 3.8) is 0 Å². The maximum absolute atomic E-state index is 12.2. The SMILES string of the molecule is CCOC(=O)N1CCN(c2c(N[C@H](CC)Cc3ccccc3)c(=O)c2=O)CC1. The quantitative estimate of drug-likeness (QED) is 0.735. The van der Waals surface area contributed by atoms with Crippen LogP contribution in [-0.4, -0.2) is 49.8 Å². The fraction of sp³-hybridized carbons (Fsp3) is 0.476. The molecule has 0 unspecified atom stereocenters. The number of piperazine rings is 1. The summed E-state index contributed by atoms with van der Waals surface area (Å²) in [6.07, 6.45) is 1.29. The molecule has 0 bridgehead atoms. The summed E-state index contributed by atoms with van der Waals surface area (Å²) in [4.78, 5) is 39.8. The van der Waals surface area contributed by atoms with Crippen LogP contribution in [0.2, 0.25) is 0 Å². The van der Waals surface area contributed by atoms with E-state index >= 15 is 0 Å². The zero-order valence-electron chi connectivity index (χ0n) is 16.4. The molecule has 150 valence electrons. The second-order valence-corrected chi connectivity index (χ2v) is 6.99. The number of anilines is 2. The Balaban J connectivity index is 1.67. The van der Waals surface area contributed by atoms with Gasteiger partial charge in [0.25, 0.3) is 10.9 Å². The van der Waals surface area contributed by atoms with Crippen LogP contribution in [0.15, 0.2) is 39.9 Å². The van der Waals surface area contributed by atoms with E-state index in [2.05, 4.69) is 24.4 Å². The minimum atomic E-state index is -0.450. The minimum Gasteiger partial charge on any atom is -0.450 e. The van der Waals surface area contributed by atoms with E-state index in [4.69, 9.17) is 4.74 Å². The zero-order valence-corrected chi connectivity index (χ0v) is 16.4. The lowest BCUT2D eigenvalue weighted by molar-refractivity contribution is 0.105. The van der Waals surface area contributed by atoms with E-state index in [9.17, 15) is 14.4 Å². The highest BCUT2D eigenvalue weighted by atomic mass is 16.6. The fourth-order valence-corrected chi connectivity index (χ4v) is 3.54. The van der Waals surface area contributed by atoms with E-state index in [1.54, 1.807) is 11.8 Å². The van der Waals surface area contributed by atoms with Crippen LogP contribution in [0.3, 0.4) is 0 Å². The molecule has 0 radical (unpaired) electrons. The van der Waals surface area contributed by atoms with E-state index in [0.29, 0.717) is 44.2 Å². The third kappa shape index (κ3) is 4.18. The summed E-state index contributed by atoms with van der Waals surface area (Å²) in [5.41, 5.74) is 1.17. The highest BCUT2D eigenvalue weighted by Gasteiger charge is 2.30. The molecule has 3 rings (SSSR count). The molecule has 0 spiro atoms. The maximum atomic E-state index is 12.2. The average molecular weight is 385 g/mol. The summed E-state index contributed by atoms with van der Waals surface area (Å²) in [6, 6.07) is 10.2. The van der Waals surface area contributed by atoms with Gasteiger partial charge >= 0.3 is 6.09 Å². The van der Waals surface area contributed by atoms with Gasteiger partial charge in [-0.2, -0.15) is 0 Å². The Morgan fingerprint density at radius 1 is 1.07 bits per heavy atom. The van der Waals surface area contributed by atoms with Crippen molar-refractivity contribution in [2.45, 2.75) is 32.7 Å². The number of ether oxygens (including phenoxy) is 1. The summed E-state index contributed by atoms with van der Waals surface area (Å²) < 4.78 is 5.02. The first-order valence-electron chi connectivity index (χ1n) is 9.85. The number of nitrogens with one attached hydrogen (secondary N) is 1. The Hall–Kier alpha value is -2.83. The van der Waals surface area contributed by atoms with Gasteiger partial charge in [0.1, 0.15) is 11.4 Å². The number of carbonyl (C=O) groups is 1. The number of hydrogen-bond acceptors (Lipinski definition) is 6. The van der Waals surface area contributed by atoms with Gasteiger partial charge in [-0.05, 0) is 25.3 Å². The molecule has 1 aliphatic heterocycles. The van der Waals surface area contributed by atoms with Crippen LogP contribution in [-0.2, 0) is 11.2 Å². The summed E-state index contributed by atoms with van der Waals surface area (Å²) in [6.45, 7) is 6.13. The predicted octanol–water partition coefficient (Wildman–Crippen LogP) is 1.99. The summed E-state index contributed by atoms with van der Waals surface area (Å²) >= 11 is 0. The third-order valence-corrected chi connectivity index (χ3v) is 5.17. The summed E-state index contributed by atoms with van der Waals surface area (Å²) in [5, 5.41) is 3.30. The van der Waals surface area contributed by atoms with Crippen molar-refractivity contribution in [1.82, 2.24) is 4.90 Å². The number of amides is 1. The largest absolute Gasteiger partial charge is 0.450 e. The van der Waals surface area contributed by atoms with E-state index in [1.165, 1.54) is 5.56 Å². The molecule has 28 heavy (non-hydrogen) atoms. The Kier molecular flexibility index (Phi) is 6.34. The number of nitrogens with zero attached hydrogens (tertiary/aromatic N) is 2. The highest BCUT2D eigenvalue weighted by molar-refractivity contribution is 5.76. The Bertz CT molecular complexity index is 866. The third-order valence-electron chi connectivity index (χ3n) is 5.17. The van der Waals surface area contributed by atoms with Gasteiger partial charge in [0.2, 0.25) is 0 Å². The van der Waals surface area contributed by atoms with Crippen molar-refractivity contribution >= 4 is 17.5 Å². The molecule has 2 aromatic rings. The van der Waals surface area contributed by atoms with Crippen LogP contribution in [0.5, 0.6) is 0 Å². The van der Waals surface area contributed by atoms with Crippen molar-refractivity contribution in [2.75, 3.05) is 43.0 Å². The van der Waals surface area contributed by atoms with Crippen molar-refractivity contribution in [3.05, 3.63) is 56.3 Å². The Morgan fingerprint density at radius 3 is 2.36 bits per heavy atom. The first kappa shape index (κ1) is 19.9. The molecule has 1 fully saturated rings. The van der Waals surface area contributed by atoms with Gasteiger partial charge in [0.05, 0.1) is 6.61 Å². The van der Waals surface area contributed by atoms with Gasteiger partial charge in [-0.3, -0.25) is 9.59 Å². The molecule has 7 heteroatoms. The van der Waals surface area contributed by atoms with Gasteiger partial charge in [0.15, 0.2) is 0 Å². The molecule has 2 aromatic carbocycles. The van der Waals surface area contributed by atoms with E-state index in [-0.39, 0.29) is 12.1 Å². The Labute approximate surface area is 164 Å². The molecule has 1 saturated heterocycles. The highest BCUT2D eigenvalue weighted by Crippen LogP contribution is 2.24. The first-order chi connectivity index (χ1) is 13.5. The van der Waals surface area contributed by atoms with E-state index in [0.717, 1.165) is 12.8 Å². The summed E-state index contributed by atoms with van der Waals surface area (Å²) in [5.74, 6) is 0. The molecule has 1 N–H and O–H groups in total. The monoisotopic (exact) mass is 385 g/mol. The van der Waals surface area contributed by atoms with Crippen LogP contribution in [0.4, 0.5) is 16.2 Å². The molecule has 1 atom stereocenters. The predicted molar refractivity (Wildman–Crippen MR) is 110 cm³/mol. The lowest BCUT2D eigenvalue weighted by Gasteiger charge is -2.36. The topological polar surface area (TPSA) is 79.0 Å². The first-order valence-corrected chi connectivity index (χ1v) is 9.85. The molecule has 7 nitrogen and oxygen atoms in total. The molecular weight excluding hydrogens is 358 g/mol. The minimum absolute atomic E-state index is 0.0743. The standard InChI is InChI=1S/C21H27N3O4/c1-3-16(14-15-8-6-5-7-9-15)22-17-18(20(26)19(17)25)23-10-12-24(13-11-23)21(27)28-4-2/h5-9,16,22H,3-4,10-14H2,1-2H3/t16-/m1/s1. The van der Waals surface area contributed by atoms with Gasteiger partial charge in [0, 0.05) is 32.2 Å². The molecule has 0 aliphatic carbocycles. The smallest absolute Gasteiger partial charge is 0.409 e. The molecule has 0 saturated carbocycles. The van der Waals surface area contributed by atoms with Crippen molar-refractivity contribution < 1.29 is 9.53 Å². The number of benzene rings is 1. The van der Waals surface area contributed by atoms with Gasteiger partial charge in [-0.1, -0.05) is 37.3 Å². The van der Waals surface area contributed by atoms with Gasteiger partial charge < -0.3 is 19.9 Å². The number of hydrogen-bond donors (Lipinski definition) is 1. The normalized spacial score (nSPS) is 15.5. The fourth-order valence-electron chi connectivity index (χ4n) is 3.54. The van der Waals surface area contributed by atoms with E-state index in [1.807, 2.05) is 23.1 Å². The van der Waals surface area contributed by atoms with Crippen molar-refractivity contribution in [3.8, 4) is 0 Å². The second-order valence-electron chi connectivity index (χ2n) is 6.99. The van der Waals surface area contributed by atoms with Gasteiger partial charge in [-0.25, -0.2) is 4.79 Å². The lowest BCUT2D eigenvalue weighted by Crippen LogP contribution is -2.53. The zero-order chi connectivity index (χ0) is 20.1. The second kappa shape index (κ2) is 8.91. The maximum Gasteiger partial charge on any atom is 0.409 e. The van der Waals surface area contributed by atoms with E-state index < -0.39 is 10.9 Å². The molecule has 1 amide bonds. The van der Waals surface area contributed by atoms with Crippen LogP contribution in [0, 0.1) is 0 Å². The molecular formula is C21H27N3O4. The Morgan fingerprint density at radius 2 is 1.75 bits per heavy atom. The van der Waals surface area contributed by atoms with Crippen molar-refractivity contribution in [1.29, 1.82) is 0 Å². The van der Waals surface area contributed by atoms with Crippen LogP contribution >= 0.6 is 0 Å².